The van der Waals surface area contributed by atoms with Gasteiger partial charge in [-0.25, -0.2) is 0 Å². The lowest BCUT2D eigenvalue weighted by atomic mass is 9.90. The van der Waals surface area contributed by atoms with Gasteiger partial charge in [0.1, 0.15) is 0 Å². The molecule has 2 fully saturated rings. The second kappa shape index (κ2) is 6.36. The normalized spacial score (nSPS) is 35.2. The molecule has 0 aromatic heterocycles. The number of β-amino-alcohol motifs (C(OH)–C–C–N with tert-alkyl or cyclic N) is 1. The van der Waals surface area contributed by atoms with Crippen molar-refractivity contribution in [3.63, 3.8) is 0 Å². The first kappa shape index (κ1) is 14.3. The lowest BCUT2D eigenvalue weighted by Gasteiger charge is -2.24. The number of hydrogen-bond donors (Lipinski definition) is 1. The highest BCUT2D eigenvalue weighted by molar-refractivity contribution is 4.93. The van der Waals surface area contributed by atoms with E-state index in [4.69, 9.17) is 4.74 Å². The van der Waals surface area contributed by atoms with Crippen molar-refractivity contribution in [2.45, 2.75) is 63.5 Å². The van der Waals surface area contributed by atoms with Gasteiger partial charge in [-0.1, -0.05) is 19.3 Å². The Balaban J connectivity index is 1.60. The molecule has 0 radical (unpaired) electrons. The molecule has 2 unspecified atom stereocenters. The minimum Gasteiger partial charge on any atom is -0.388 e. The maximum absolute atomic E-state index is 10.5. The number of hydrogen-bond acceptors (Lipinski definition) is 3. The van der Waals surface area contributed by atoms with Crippen LogP contribution in [0, 0.1) is 5.92 Å². The largest absolute Gasteiger partial charge is 0.388 e. The van der Waals surface area contributed by atoms with E-state index in [1.807, 2.05) is 0 Å². The fourth-order valence-corrected chi connectivity index (χ4v) is 3.49. The molecule has 1 N–H and O–H groups in total. The Kier molecular flexibility index (Phi) is 5.05. The highest BCUT2D eigenvalue weighted by Gasteiger charge is 2.38. The molecule has 3 heteroatoms. The average Bonchev–Trinajstić information content (AvgIpc) is 2.61. The number of aliphatic hydroxyl groups is 1. The molecule has 3 nitrogen and oxygen atoms in total. The van der Waals surface area contributed by atoms with Crippen molar-refractivity contribution in [1.82, 2.24) is 4.90 Å². The first-order valence-corrected chi connectivity index (χ1v) is 7.59. The van der Waals surface area contributed by atoms with Crippen LogP contribution < -0.4 is 0 Å². The molecule has 2 heterocycles. The molecule has 2 rings (SSSR count). The van der Waals surface area contributed by atoms with Gasteiger partial charge in [-0.05, 0) is 45.6 Å². The maximum Gasteiger partial charge on any atom is 0.0788 e. The molecule has 2 atom stereocenters. The number of unbranched alkanes of at least 4 members (excludes halogenated alkanes) is 1. The predicted molar refractivity (Wildman–Crippen MR) is 73.7 cm³/mol. The number of rotatable bonds is 5. The fraction of sp³-hybridized carbons (Fsp3) is 1.00. The van der Waals surface area contributed by atoms with Crippen LogP contribution in [0.2, 0.25) is 0 Å². The van der Waals surface area contributed by atoms with E-state index in [1.54, 1.807) is 0 Å². The monoisotopic (exact) mass is 255 g/mol. The van der Waals surface area contributed by atoms with E-state index >= 15 is 0 Å². The Bertz CT molecular complexity index is 241. The number of ether oxygens (including phenoxy) is 1. The topological polar surface area (TPSA) is 32.7 Å². The number of likely N-dealkylation sites (tertiary alicyclic amines) is 1. The summed E-state index contributed by atoms with van der Waals surface area (Å²) in [5.74, 6) is 0.874. The Morgan fingerprint density at radius 1 is 1.28 bits per heavy atom. The van der Waals surface area contributed by atoms with Gasteiger partial charge >= 0.3 is 0 Å². The van der Waals surface area contributed by atoms with Gasteiger partial charge in [0.05, 0.1) is 5.60 Å². The maximum atomic E-state index is 10.5. The van der Waals surface area contributed by atoms with Crippen molar-refractivity contribution in [3.8, 4) is 0 Å². The molecule has 0 amide bonds. The smallest absolute Gasteiger partial charge is 0.0788 e. The minimum atomic E-state index is -0.413. The number of likely N-dealkylation sites (N-methyl/N-ethyl adjacent to an activating group) is 1. The summed E-state index contributed by atoms with van der Waals surface area (Å²) >= 11 is 0. The molecule has 106 valence electrons. The molecule has 0 aliphatic carbocycles. The second-order valence-corrected chi connectivity index (χ2v) is 6.49. The van der Waals surface area contributed by atoms with E-state index < -0.39 is 5.60 Å². The SMILES string of the molecule is CC1CC(O)(CCCCC2CCOCC2)CN1C. The van der Waals surface area contributed by atoms with E-state index in [2.05, 4.69) is 18.9 Å². The third kappa shape index (κ3) is 3.94. The molecule has 2 saturated heterocycles. The van der Waals surface area contributed by atoms with E-state index in [-0.39, 0.29) is 0 Å². The second-order valence-electron chi connectivity index (χ2n) is 6.49. The van der Waals surface area contributed by atoms with Gasteiger partial charge in [0.15, 0.2) is 0 Å². The van der Waals surface area contributed by atoms with Crippen molar-refractivity contribution in [3.05, 3.63) is 0 Å². The van der Waals surface area contributed by atoms with Crippen LogP contribution in [0.25, 0.3) is 0 Å². The van der Waals surface area contributed by atoms with Gasteiger partial charge in [-0.15, -0.1) is 0 Å². The molecular formula is C15H29NO2. The van der Waals surface area contributed by atoms with Crippen molar-refractivity contribution in [1.29, 1.82) is 0 Å². The Labute approximate surface area is 112 Å². The third-order valence-corrected chi connectivity index (χ3v) is 4.82. The Hall–Kier alpha value is -0.120. The van der Waals surface area contributed by atoms with Gasteiger partial charge in [-0.2, -0.15) is 0 Å². The van der Waals surface area contributed by atoms with Gasteiger partial charge in [-0.3, -0.25) is 0 Å². The van der Waals surface area contributed by atoms with Crippen molar-refractivity contribution in [2.75, 3.05) is 26.8 Å². The third-order valence-electron chi connectivity index (χ3n) is 4.82. The standard InChI is InChI=1S/C15H29NO2/c1-13-11-15(17,12-16(13)2)8-4-3-5-14-6-9-18-10-7-14/h13-14,17H,3-12H2,1-2H3. The fourth-order valence-electron chi connectivity index (χ4n) is 3.49. The van der Waals surface area contributed by atoms with Crippen LogP contribution in [0.3, 0.4) is 0 Å². The summed E-state index contributed by atoms with van der Waals surface area (Å²) in [4.78, 5) is 2.28. The highest BCUT2D eigenvalue weighted by Crippen LogP contribution is 2.31. The van der Waals surface area contributed by atoms with Crippen LogP contribution in [0.1, 0.15) is 51.9 Å². The summed E-state index contributed by atoms with van der Waals surface area (Å²) in [6.07, 6.45) is 8.17. The summed E-state index contributed by atoms with van der Waals surface area (Å²) in [5.41, 5.74) is -0.413. The van der Waals surface area contributed by atoms with Crippen LogP contribution in [-0.2, 0) is 4.74 Å². The van der Waals surface area contributed by atoms with Gasteiger partial charge in [0, 0.05) is 25.8 Å². The van der Waals surface area contributed by atoms with Gasteiger partial charge in [0.25, 0.3) is 0 Å². The Morgan fingerprint density at radius 3 is 2.61 bits per heavy atom. The van der Waals surface area contributed by atoms with Gasteiger partial charge in [0.2, 0.25) is 0 Å². The van der Waals surface area contributed by atoms with E-state index in [1.165, 1.54) is 32.1 Å². The van der Waals surface area contributed by atoms with Crippen LogP contribution >= 0.6 is 0 Å². The zero-order valence-electron chi connectivity index (χ0n) is 12.0. The van der Waals surface area contributed by atoms with Gasteiger partial charge < -0.3 is 14.7 Å². The van der Waals surface area contributed by atoms with Crippen LogP contribution in [0.4, 0.5) is 0 Å². The molecule has 18 heavy (non-hydrogen) atoms. The molecule has 0 saturated carbocycles. The quantitative estimate of drug-likeness (QED) is 0.766. The first-order chi connectivity index (χ1) is 8.59. The zero-order valence-corrected chi connectivity index (χ0v) is 12.0. The molecule has 0 bridgehead atoms. The van der Waals surface area contributed by atoms with Crippen molar-refractivity contribution >= 4 is 0 Å². The van der Waals surface area contributed by atoms with Crippen LogP contribution in [0.15, 0.2) is 0 Å². The molecule has 2 aliphatic heterocycles. The van der Waals surface area contributed by atoms with Crippen molar-refractivity contribution in [2.24, 2.45) is 5.92 Å². The van der Waals surface area contributed by atoms with Crippen molar-refractivity contribution < 1.29 is 9.84 Å². The van der Waals surface area contributed by atoms with E-state index in [0.717, 1.165) is 38.5 Å². The first-order valence-electron chi connectivity index (χ1n) is 7.59. The Morgan fingerprint density at radius 2 is 2.00 bits per heavy atom. The average molecular weight is 255 g/mol. The van der Waals surface area contributed by atoms with E-state index in [9.17, 15) is 5.11 Å². The molecule has 0 aromatic rings. The minimum absolute atomic E-state index is 0.413. The molecule has 2 aliphatic rings. The van der Waals surface area contributed by atoms with Crippen LogP contribution in [-0.4, -0.2) is 48.5 Å². The van der Waals surface area contributed by atoms with E-state index in [0.29, 0.717) is 6.04 Å². The molecule has 0 spiro atoms. The lowest BCUT2D eigenvalue weighted by Crippen LogP contribution is -2.31. The highest BCUT2D eigenvalue weighted by atomic mass is 16.5. The summed E-state index contributed by atoms with van der Waals surface area (Å²) in [7, 11) is 2.12. The van der Waals surface area contributed by atoms with Crippen LogP contribution in [0.5, 0.6) is 0 Å². The zero-order chi connectivity index (χ0) is 13.0. The summed E-state index contributed by atoms with van der Waals surface area (Å²) in [6, 6.07) is 0.533. The number of nitrogens with zero attached hydrogens (tertiary/aromatic N) is 1. The molecular weight excluding hydrogens is 226 g/mol. The predicted octanol–water partition coefficient (Wildman–Crippen LogP) is 2.43. The summed E-state index contributed by atoms with van der Waals surface area (Å²) < 4.78 is 5.38. The lowest BCUT2D eigenvalue weighted by molar-refractivity contribution is 0.0377. The molecule has 0 aromatic carbocycles. The summed E-state index contributed by atoms with van der Waals surface area (Å²) in [5, 5.41) is 10.5. The summed E-state index contributed by atoms with van der Waals surface area (Å²) in [6.45, 7) is 4.97.